The van der Waals surface area contributed by atoms with Crippen LogP contribution in [0.5, 0.6) is 11.5 Å². The van der Waals surface area contributed by atoms with Gasteiger partial charge in [-0.15, -0.1) is 0 Å². The summed E-state index contributed by atoms with van der Waals surface area (Å²) in [5.41, 5.74) is 6.95. The van der Waals surface area contributed by atoms with Crippen LogP contribution in [-0.4, -0.2) is 13.2 Å². The molecule has 4 rings (SSSR count). The molecule has 0 aliphatic heterocycles. The highest BCUT2D eigenvalue weighted by atomic mass is 16.5. The Morgan fingerprint density at radius 2 is 0.979 bits per heavy atom. The van der Waals surface area contributed by atoms with Crippen LogP contribution in [0.2, 0.25) is 0 Å². The molecule has 0 saturated carbocycles. The molecular weight excluding hydrogens is 580 g/mol. The molecule has 0 amide bonds. The Morgan fingerprint density at radius 3 is 1.34 bits per heavy atom. The molecule has 5 nitrogen and oxygen atoms in total. The van der Waals surface area contributed by atoms with E-state index in [1.807, 2.05) is 84.9 Å². The molecule has 2 atom stereocenters. The van der Waals surface area contributed by atoms with Crippen LogP contribution < -0.4 is 9.47 Å². The maximum absolute atomic E-state index is 9.96. The van der Waals surface area contributed by atoms with Gasteiger partial charge in [0, 0.05) is 11.1 Å². The van der Waals surface area contributed by atoms with Gasteiger partial charge < -0.3 is 14.2 Å². The number of hydrogen-bond acceptors (Lipinski definition) is 5. The van der Waals surface area contributed by atoms with Crippen LogP contribution in [0.3, 0.4) is 0 Å². The molecule has 0 aliphatic rings. The maximum atomic E-state index is 9.96. The van der Waals surface area contributed by atoms with E-state index >= 15 is 0 Å². The molecule has 0 fully saturated rings. The van der Waals surface area contributed by atoms with Gasteiger partial charge in [0.05, 0.1) is 26.4 Å². The van der Waals surface area contributed by atoms with E-state index in [-0.39, 0.29) is 0 Å². The predicted octanol–water partition coefficient (Wildman–Crippen LogP) is 10.9. The minimum Gasteiger partial charge on any atom is -0.492 e. The van der Waals surface area contributed by atoms with Crippen molar-refractivity contribution in [3.63, 3.8) is 0 Å². The molecule has 5 heteroatoms. The lowest BCUT2D eigenvalue weighted by molar-refractivity contribution is 0.107. The highest BCUT2D eigenvalue weighted by molar-refractivity contribution is 5.74. The molecule has 2 unspecified atom stereocenters. The zero-order chi connectivity index (χ0) is 33.4. The SMILES string of the molecule is CCCCC(C)COc1cccc(-c2ccc(COCc3ccc(-c4cccc(OCC(C)CCCC)c4C#N)cc3)cc2)c1C#N. The van der Waals surface area contributed by atoms with Gasteiger partial charge >= 0.3 is 0 Å². The summed E-state index contributed by atoms with van der Waals surface area (Å²) < 4.78 is 18.2. The highest BCUT2D eigenvalue weighted by Crippen LogP contribution is 2.32. The van der Waals surface area contributed by atoms with E-state index in [1.165, 1.54) is 25.7 Å². The van der Waals surface area contributed by atoms with Gasteiger partial charge in [-0.05, 0) is 59.1 Å². The fraction of sp³-hybridized carbons (Fsp3) is 0.381. The summed E-state index contributed by atoms with van der Waals surface area (Å²) in [6, 6.07) is 32.7. The van der Waals surface area contributed by atoms with Crippen molar-refractivity contribution in [1.29, 1.82) is 10.5 Å². The smallest absolute Gasteiger partial charge is 0.137 e. The second-order valence-corrected chi connectivity index (χ2v) is 12.6. The van der Waals surface area contributed by atoms with Gasteiger partial charge in [-0.3, -0.25) is 0 Å². The summed E-state index contributed by atoms with van der Waals surface area (Å²) in [5.74, 6) is 2.18. The number of unbranched alkanes of at least 4 members (excludes halogenated alkanes) is 2. The van der Waals surface area contributed by atoms with E-state index in [4.69, 9.17) is 14.2 Å². The molecule has 0 aromatic heterocycles. The van der Waals surface area contributed by atoms with E-state index < -0.39 is 0 Å². The first-order valence-electron chi connectivity index (χ1n) is 17.0. The van der Waals surface area contributed by atoms with Crippen molar-refractivity contribution in [2.75, 3.05) is 13.2 Å². The Labute approximate surface area is 281 Å². The van der Waals surface area contributed by atoms with Crippen LogP contribution in [0.25, 0.3) is 22.3 Å². The van der Waals surface area contributed by atoms with Crippen molar-refractivity contribution >= 4 is 0 Å². The van der Waals surface area contributed by atoms with Gasteiger partial charge in [0.15, 0.2) is 0 Å². The molecule has 0 heterocycles. The van der Waals surface area contributed by atoms with E-state index in [9.17, 15) is 10.5 Å². The number of nitrogens with zero attached hydrogens (tertiary/aromatic N) is 2. The molecule has 0 spiro atoms. The van der Waals surface area contributed by atoms with E-state index in [0.717, 1.165) is 46.2 Å². The highest BCUT2D eigenvalue weighted by Gasteiger charge is 2.14. The minimum atomic E-state index is 0.449. The Kier molecular flexibility index (Phi) is 13.9. The van der Waals surface area contributed by atoms with E-state index in [0.29, 0.717) is 60.9 Å². The third kappa shape index (κ3) is 10.2. The zero-order valence-electron chi connectivity index (χ0n) is 28.4. The van der Waals surface area contributed by atoms with Crippen molar-refractivity contribution in [2.24, 2.45) is 11.8 Å². The van der Waals surface area contributed by atoms with Gasteiger partial charge in [0.1, 0.15) is 34.8 Å². The third-order valence-electron chi connectivity index (χ3n) is 8.49. The fourth-order valence-electron chi connectivity index (χ4n) is 5.60. The average molecular weight is 629 g/mol. The molecule has 0 radical (unpaired) electrons. The first-order valence-corrected chi connectivity index (χ1v) is 17.0. The molecular formula is C42H48N2O3. The monoisotopic (exact) mass is 628 g/mol. The molecule has 47 heavy (non-hydrogen) atoms. The van der Waals surface area contributed by atoms with Crippen molar-refractivity contribution in [2.45, 2.75) is 79.4 Å². The van der Waals surface area contributed by atoms with Crippen LogP contribution in [0.15, 0.2) is 84.9 Å². The summed E-state index contributed by atoms with van der Waals surface area (Å²) in [6.45, 7) is 10.9. The molecule has 4 aromatic rings. The lowest BCUT2D eigenvalue weighted by Gasteiger charge is -2.15. The van der Waals surface area contributed by atoms with Gasteiger partial charge in [-0.1, -0.05) is 126 Å². The summed E-state index contributed by atoms with van der Waals surface area (Å²) >= 11 is 0. The van der Waals surface area contributed by atoms with E-state index in [1.54, 1.807) is 0 Å². The fourth-order valence-corrected chi connectivity index (χ4v) is 5.60. The van der Waals surface area contributed by atoms with Crippen molar-refractivity contribution in [1.82, 2.24) is 0 Å². The molecule has 0 N–H and O–H groups in total. The minimum absolute atomic E-state index is 0.449. The second-order valence-electron chi connectivity index (χ2n) is 12.6. The predicted molar refractivity (Wildman–Crippen MR) is 190 cm³/mol. The lowest BCUT2D eigenvalue weighted by atomic mass is 9.98. The van der Waals surface area contributed by atoms with Gasteiger partial charge in [-0.25, -0.2) is 0 Å². The van der Waals surface area contributed by atoms with Gasteiger partial charge in [-0.2, -0.15) is 10.5 Å². The molecule has 0 bridgehead atoms. The van der Waals surface area contributed by atoms with Crippen LogP contribution in [0, 0.1) is 34.5 Å². The second kappa shape index (κ2) is 18.5. The van der Waals surface area contributed by atoms with E-state index in [2.05, 4.69) is 39.8 Å². The Balaban J connectivity index is 1.33. The molecule has 0 saturated heterocycles. The van der Waals surface area contributed by atoms with Crippen molar-refractivity contribution < 1.29 is 14.2 Å². The van der Waals surface area contributed by atoms with Crippen LogP contribution >= 0.6 is 0 Å². The zero-order valence-corrected chi connectivity index (χ0v) is 28.4. The number of rotatable bonds is 18. The van der Waals surface area contributed by atoms with Crippen molar-refractivity contribution in [3.05, 3.63) is 107 Å². The number of benzene rings is 4. The summed E-state index contributed by atoms with van der Waals surface area (Å²) in [5, 5.41) is 19.9. The van der Waals surface area contributed by atoms with Crippen LogP contribution in [-0.2, 0) is 18.0 Å². The first kappa shape index (κ1) is 35.3. The lowest BCUT2D eigenvalue weighted by Crippen LogP contribution is -2.09. The Bertz CT molecular complexity index is 1510. The van der Waals surface area contributed by atoms with Crippen LogP contribution in [0.4, 0.5) is 0 Å². The average Bonchev–Trinajstić information content (AvgIpc) is 3.11. The van der Waals surface area contributed by atoms with Crippen LogP contribution in [0.1, 0.15) is 88.5 Å². The maximum Gasteiger partial charge on any atom is 0.137 e. The number of ether oxygens (including phenoxy) is 3. The summed E-state index contributed by atoms with van der Waals surface area (Å²) in [7, 11) is 0. The number of hydrogen-bond donors (Lipinski definition) is 0. The van der Waals surface area contributed by atoms with Gasteiger partial charge in [0.25, 0.3) is 0 Å². The first-order chi connectivity index (χ1) is 23.0. The van der Waals surface area contributed by atoms with Crippen molar-refractivity contribution in [3.8, 4) is 45.9 Å². The molecule has 244 valence electrons. The topological polar surface area (TPSA) is 75.3 Å². The third-order valence-corrected chi connectivity index (χ3v) is 8.49. The number of nitriles is 2. The standard InChI is InChI=1S/C42H48N2O3/c1-5-7-11-31(3)27-46-41-15-9-13-37(39(41)25-43)35-21-17-33(18-22-35)29-45-30-34-19-23-36(24-20-34)38-14-10-16-42(40(38)26-44)47-28-32(4)12-8-6-2/h9-10,13-24,31-32H,5-8,11-12,27-30H2,1-4H3. The Hall–Kier alpha value is -4.58. The summed E-state index contributed by atoms with van der Waals surface area (Å²) in [4.78, 5) is 0. The van der Waals surface area contributed by atoms with Gasteiger partial charge in [0.2, 0.25) is 0 Å². The summed E-state index contributed by atoms with van der Waals surface area (Å²) in [6.07, 6.45) is 6.97. The molecule has 0 aliphatic carbocycles. The molecule has 4 aromatic carbocycles. The quantitative estimate of drug-likeness (QED) is 0.110. The Morgan fingerprint density at radius 1 is 0.574 bits per heavy atom. The largest absolute Gasteiger partial charge is 0.492 e. The normalized spacial score (nSPS) is 12.1.